The van der Waals surface area contributed by atoms with Crippen molar-refractivity contribution in [3.8, 4) is 0 Å². The van der Waals surface area contributed by atoms with Crippen molar-refractivity contribution in [1.82, 2.24) is 5.09 Å². The molecule has 0 aromatic carbocycles. The summed E-state index contributed by atoms with van der Waals surface area (Å²) in [6.45, 7) is 0. The smallest absolute Gasteiger partial charge is 0.414 e. The summed E-state index contributed by atoms with van der Waals surface area (Å²) >= 11 is 4.89. The van der Waals surface area contributed by atoms with Gasteiger partial charge in [0.1, 0.15) is 5.62 Å². The maximum absolute atomic E-state index is 12.3. The van der Waals surface area contributed by atoms with Crippen LogP contribution in [0.2, 0.25) is 0 Å². The predicted octanol–water partition coefficient (Wildman–Crippen LogP) is 1.70. The molecule has 0 aliphatic carbocycles. The first-order valence-corrected chi connectivity index (χ1v) is 4.54. The Morgan fingerprint density at radius 3 is 2.70 bits per heavy atom. The Morgan fingerprint density at radius 1 is 1.90 bits per heavy atom. The van der Waals surface area contributed by atoms with Crippen molar-refractivity contribution in [2.45, 2.75) is 0 Å². The molecule has 0 saturated carbocycles. The molecule has 1 atom stereocenters. The van der Waals surface area contributed by atoms with Gasteiger partial charge >= 0.3 is 13.7 Å². The zero-order valence-corrected chi connectivity index (χ0v) is 6.79. The zero-order chi connectivity index (χ0) is 8.20. The van der Waals surface area contributed by atoms with Gasteiger partial charge in [0.15, 0.2) is 0 Å². The van der Waals surface area contributed by atoms with Crippen molar-refractivity contribution in [1.29, 1.82) is 0 Å². The minimum Gasteiger partial charge on any atom is -0.453 e. The monoisotopic (exact) mass is 189 g/mol. The van der Waals surface area contributed by atoms with E-state index in [1.165, 1.54) is 5.09 Å². The van der Waals surface area contributed by atoms with E-state index < -0.39 is 19.3 Å². The van der Waals surface area contributed by atoms with Gasteiger partial charge in [-0.05, 0) is 0 Å². The Morgan fingerprint density at radius 2 is 2.40 bits per heavy atom. The molecule has 60 valence electrons. The summed E-state index contributed by atoms with van der Waals surface area (Å²) in [5.74, 6) is 0. The second-order valence-corrected chi connectivity index (χ2v) is 3.86. The first-order chi connectivity index (χ1) is 4.52. The fourth-order valence-corrected chi connectivity index (χ4v) is 0.815. The van der Waals surface area contributed by atoms with Crippen LogP contribution in [0.25, 0.3) is 0 Å². The second-order valence-electron chi connectivity index (χ2n) is 1.37. The summed E-state index contributed by atoms with van der Waals surface area (Å²) in [6, 6.07) is 0. The van der Waals surface area contributed by atoms with Crippen LogP contribution in [0.4, 0.5) is 8.99 Å². The topological polar surface area (TPSA) is 55.4 Å². The molecule has 0 rings (SSSR count). The number of hydrogen-bond acceptors (Lipinski definition) is 3. The molecule has 4 nitrogen and oxygen atoms in total. The number of nitrogens with one attached hydrogen (secondary N) is 1. The van der Waals surface area contributed by atoms with E-state index in [2.05, 4.69) is 4.74 Å². The van der Waals surface area contributed by atoms with E-state index in [-0.39, 0.29) is 0 Å². The average molecular weight is 190 g/mol. The Labute approximate surface area is 62.2 Å². The van der Waals surface area contributed by atoms with Crippen molar-refractivity contribution in [3.05, 3.63) is 0 Å². The molecule has 0 aromatic heterocycles. The number of hydrogen-bond donors (Lipinski definition) is 1. The molecular formula is C3H6ClFNO3P. The summed E-state index contributed by atoms with van der Waals surface area (Å²) in [5.41, 5.74) is -0.748. The average Bonchev–Trinajstić information content (AvgIpc) is 1.87. The second kappa shape index (κ2) is 3.78. The van der Waals surface area contributed by atoms with Gasteiger partial charge in [0, 0.05) is 0 Å². The number of rotatable bonds is 2. The molecule has 1 unspecified atom stereocenters. The molecule has 0 spiro atoms. The van der Waals surface area contributed by atoms with Crippen LogP contribution in [0.1, 0.15) is 0 Å². The molecule has 0 heterocycles. The Balaban J connectivity index is 3.89. The SMILES string of the molecule is COC(=O)NP(=O)(F)CCl. The van der Waals surface area contributed by atoms with Crippen LogP contribution in [0, 0.1) is 0 Å². The van der Waals surface area contributed by atoms with Crippen LogP contribution >= 0.6 is 19.2 Å². The van der Waals surface area contributed by atoms with Gasteiger partial charge in [-0.3, -0.25) is 4.57 Å². The van der Waals surface area contributed by atoms with Crippen LogP contribution < -0.4 is 5.09 Å². The van der Waals surface area contributed by atoms with E-state index in [1.807, 2.05) is 0 Å². The van der Waals surface area contributed by atoms with Crippen molar-refractivity contribution in [2.75, 3.05) is 12.7 Å². The highest BCUT2D eigenvalue weighted by Gasteiger charge is 2.22. The maximum Gasteiger partial charge on any atom is 0.414 e. The highest BCUT2D eigenvalue weighted by Crippen LogP contribution is 2.43. The quantitative estimate of drug-likeness (QED) is 0.531. The van der Waals surface area contributed by atoms with Gasteiger partial charge in [-0.1, -0.05) is 0 Å². The lowest BCUT2D eigenvalue weighted by atomic mass is 11.2. The van der Waals surface area contributed by atoms with Gasteiger partial charge in [0.2, 0.25) is 0 Å². The van der Waals surface area contributed by atoms with E-state index in [1.54, 1.807) is 0 Å². The summed E-state index contributed by atoms with van der Waals surface area (Å²) < 4.78 is 26.6. The summed E-state index contributed by atoms with van der Waals surface area (Å²) in [6.07, 6.45) is -1.09. The summed E-state index contributed by atoms with van der Waals surface area (Å²) in [7, 11) is -3.17. The van der Waals surface area contributed by atoms with Crippen LogP contribution in [0.3, 0.4) is 0 Å². The number of carbonyl (C=O) groups excluding carboxylic acids is 1. The molecule has 7 heteroatoms. The minimum atomic E-state index is -4.21. The minimum absolute atomic E-state index is 0.748. The van der Waals surface area contributed by atoms with Crippen LogP contribution in [0.15, 0.2) is 0 Å². The van der Waals surface area contributed by atoms with Gasteiger partial charge in [-0.2, -0.15) is 4.20 Å². The lowest BCUT2D eigenvalue weighted by molar-refractivity contribution is 0.177. The molecule has 0 fully saturated rings. The van der Waals surface area contributed by atoms with Crippen LogP contribution in [-0.4, -0.2) is 18.8 Å². The number of alkyl halides is 1. The summed E-state index contributed by atoms with van der Waals surface area (Å²) in [5, 5.41) is 1.45. The maximum atomic E-state index is 12.3. The molecule has 0 aliphatic heterocycles. The highest BCUT2D eigenvalue weighted by molar-refractivity contribution is 7.58. The number of halogens is 2. The fraction of sp³-hybridized carbons (Fsp3) is 0.667. The number of ether oxygens (including phenoxy) is 1. The Bertz CT molecular complexity index is 175. The zero-order valence-electron chi connectivity index (χ0n) is 5.13. The van der Waals surface area contributed by atoms with Gasteiger partial charge in [-0.15, -0.1) is 11.6 Å². The van der Waals surface area contributed by atoms with Crippen LogP contribution in [-0.2, 0) is 9.30 Å². The van der Waals surface area contributed by atoms with Crippen LogP contribution in [0.5, 0.6) is 0 Å². The molecular weight excluding hydrogens is 183 g/mol. The summed E-state index contributed by atoms with van der Waals surface area (Å²) in [4.78, 5) is 10.2. The molecule has 1 N–H and O–H groups in total. The number of methoxy groups -OCH3 is 1. The van der Waals surface area contributed by atoms with Gasteiger partial charge in [0.05, 0.1) is 7.11 Å². The highest BCUT2D eigenvalue weighted by atomic mass is 35.5. The van der Waals surface area contributed by atoms with Crippen molar-refractivity contribution in [3.63, 3.8) is 0 Å². The van der Waals surface area contributed by atoms with E-state index in [0.717, 1.165) is 7.11 Å². The molecule has 0 bridgehead atoms. The van der Waals surface area contributed by atoms with E-state index in [4.69, 9.17) is 11.6 Å². The van der Waals surface area contributed by atoms with Crippen molar-refractivity contribution in [2.24, 2.45) is 0 Å². The normalized spacial score (nSPS) is 15.5. The molecule has 0 aliphatic rings. The van der Waals surface area contributed by atoms with Crippen molar-refractivity contribution >= 4 is 25.3 Å². The molecule has 1 amide bonds. The number of amides is 1. The van der Waals surface area contributed by atoms with E-state index in [9.17, 15) is 13.6 Å². The van der Waals surface area contributed by atoms with E-state index in [0.29, 0.717) is 0 Å². The first kappa shape index (κ1) is 9.72. The third-order valence-electron chi connectivity index (χ3n) is 0.597. The number of carbonyl (C=O) groups is 1. The third kappa shape index (κ3) is 3.69. The van der Waals surface area contributed by atoms with Gasteiger partial charge in [0.25, 0.3) is 0 Å². The molecule has 0 saturated heterocycles. The standard InChI is InChI=1S/C3H6ClFNO3P/c1-9-3(7)6-10(5,8)2-4/h2H2,1H3,(H,6,7,8). The predicted molar refractivity (Wildman–Crippen MR) is 35.0 cm³/mol. The van der Waals surface area contributed by atoms with Gasteiger partial charge < -0.3 is 4.74 Å². The third-order valence-corrected chi connectivity index (χ3v) is 2.34. The lowest BCUT2D eigenvalue weighted by Gasteiger charge is -2.04. The Kier molecular flexibility index (Phi) is 3.68. The fourth-order valence-electron chi connectivity index (χ4n) is 0.212. The van der Waals surface area contributed by atoms with Crippen molar-refractivity contribution < 1.29 is 18.3 Å². The molecule has 0 aromatic rings. The van der Waals surface area contributed by atoms with E-state index >= 15 is 0 Å². The largest absolute Gasteiger partial charge is 0.453 e. The Hall–Kier alpha value is -0.280. The first-order valence-electron chi connectivity index (χ1n) is 2.23. The van der Waals surface area contributed by atoms with Gasteiger partial charge in [-0.25, -0.2) is 9.88 Å². The lowest BCUT2D eigenvalue weighted by Crippen LogP contribution is -2.18. The molecule has 0 radical (unpaired) electrons. The molecule has 10 heavy (non-hydrogen) atoms.